The molecule has 4 rings (SSSR count). The lowest BCUT2D eigenvalue weighted by molar-refractivity contribution is -0.110. The van der Waals surface area contributed by atoms with E-state index in [2.05, 4.69) is 15.4 Å². The van der Waals surface area contributed by atoms with E-state index in [-0.39, 0.29) is 23.0 Å². The van der Waals surface area contributed by atoms with E-state index in [9.17, 15) is 9.00 Å². The molecule has 1 atom stereocenters. The molecule has 1 saturated heterocycles. The molecule has 2 aromatic heterocycles. The van der Waals surface area contributed by atoms with Gasteiger partial charge in [0, 0.05) is 56.6 Å². The number of carbonyl (C=O) groups is 1. The minimum atomic E-state index is -2.49. The number of amides is 1. The zero-order valence-corrected chi connectivity index (χ0v) is 21.7. The fourth-order valence-electron chi connectivity index (χ4n) is 3.98. The lowest BCUT2D eigenvalue weighted by atomic mass is 10.1. The summed E-state index contributed by atoms with van der Waals surface area (Å²) in [5.41, 5.74) is 7.14. The van der Waals surface area contributed by atoms with Crippen LogP contribution in [0.4, 0.5) is 11.4 Å². The molecular weight excluding hydrogens is 525 g/mol. The van der Waals surface area contributed by atoms with Crippen molar-refractivity contribution in [2.45, 2.75) is 31.9 Å². The van der Waals surface area contributed by atoms with Gasteiger partial charge < -0.3 is 15.8 Å². The van der Waals surface area contributed by atoms with Crippen molar-refractivity contribution in [3.63, 3.8) is 0 Å². The third kappa shape index (κ3) is 5.80. The van der Waals surface area contributed by atoms with E-state index in [1.165, 1.54) is 24.7 Å². The highest BCUT2D eigenvalue weighted by Crippen LogP contribution is 2.33. The highest BCUT2D eigenvalue weighted by Gasteiger charge is 2.24. The van der Waals surface area contributed by atoms with Crippen LogP contribution in [0, 0.1) is 10.2 Å². The number of aromatic nitrogens is 3. The molecule has 3 aromatic rings. The van der Waals surface area contributed by atoms with Crippen LogP contribution in [0.1, 0.15) is 43.0 Å². The molecule has 0 bridgehead atoms. The summed E-state index contributed by atoms with van der Waals surface area (Å²) in [6, 6.07) is 4.72. The first-order valence-corrected chi connectivity index (χ1v) is 13.7. The molecule has 0 saturated carbocycles. The fraction of sp³-hybridized carbons (Fsp3) is 0.304. The van der Waals surface area contributed by atoms with Crippen molar-refractivity contribution in [1.82, 2.24) is 14.8 Å². The molecule has 1 aromatic carbocycles. The van der Waals surface area contributed by atoms with Crippen molar-refractivity contribution < 1.29 is 13.7 Å². The van der Waals surface area contributed by atoms with Gasteiger partial charge >= 0.3 is 0 Å². The number of halogens is 2. The van der Waals surface area contributed by atoms with Crippen molar-refractivity contribution in [3.05, 3.63) is 64.2 Å². The highest BCUT2D eigenvalue weighted by atomic mass is 35.5. The van der Waals surface area contributed by atoms with Gasteiger partial charge in [0.2, 0.25) is 0 Å². The molecule has 0 spiro atoms. The third-order valence-corrected chi connectivity index (χ3v) is 8.32. The smallest absolute Gasteiger partial charge is 0.274 e. The molecule has 1 amide bonds. The molecule has 1 fully saturated rings. The Bertz CT molecular complexity index is 1390. The molecule has 0 radical (unpaired) electrons. The van der Waals surface area contributed by atoms with Crippen LogP contribution in [0.3, 0.4) is 0 Å². The van der Waals surface area contributed by atoms with Crippen LogP contribution in [-0.4, -0.2) is 42.1 Å². The SMILES string of the molecule is CC(Oc1ccc(N)c(C(=N)C(=O)Nc2cnn(C3CCS(=N)(=O)CC3)c2)c1)c1c(Cl)cncc1Cl. The van der Waals surface area contributed by atoms with Crippen LogP contribution < -0.4 is 15.8 Å². The summed E-state index contributed by atoms with van der Waals surface area (Å²) in [4.78, 5) is 16.7. The quantitative estimate of drug-likeness (QED) is 0.247. The number of hydrogen-bond donors (Lipinski definition) is 4. The average Bonchev–Trinajstić information content (AvgIpc) is 3.28. The third-order valence-electron chi connectivity index (χ3n) is 5.93. The van der Waals surface area contributed by atoms with Gasteiger partial charge in [-0.3, -0.25) is 24.6 Å². The van der Waals surface area contributed by atoms with Crippen molar-refractivity contribution in [1.29, 1.82) is 10.2 Å². The van der Waals surface area contributed by atoms with E-state index in [0.717, 1.165) is 0 Å². The molecule has 190 valence electrons. The number of hydrogen-bond acceptors (Lipinski definition) is 8. The van der Waals surface area contributed by atoms with E-state index >= 15 is 0 Å². The van der Waals surface area contributed by atoms with Crippen LogP contribution in [-0.2, 0) is 14.5 Å². The maximum absolute atomic E-state index is 12.8. The number of nitrogens with two attached hydrogens (primary N) is 1. The summed E-state index contributed by atoms with van der Waals surface area (Å²) in [5, 5.41) is 16.1. The number of anilines is 2. The van der Waals surface area contributed by atoms with E-state index in [4.69, 9.17) is 43.9 Å². The average molecular weight is 550 g/mol. The van der Waals surface area contributed by atoms with Gasteiger partial charge in [0.25, 0.3) is 5.91 Å². The van der Waals surface area contributed by atoms with Crippen LogP contribution in [0.25, 0.3) is 0 Å². The van der Waals surface area contributed by atoms with Gasteiger partial charge in [0.1, 0.15) is 17.6 Å². The zero-order valence-electron chi connectivity index (χ0n) is 19.3. The molecule has 36 heavy (non-hydrogen) atoms. The zero-order chi connectivity index (χ0) is 26.0. The summed E-state index contributed by atoms with van der Waals surface area (Å²) in [6.07, 6.45) is 6.75. The molecule has 13 heteroatoms. The first-order chi connectivity index (χ1) is 17.0. The van der Waals surface area contributed by atoms with Gasteiger partial charge in [-0.2, -0.15) is 5.10 Å². The first kappa shape index (κ1) is 25.9. The maximum atomic E-state index is 12.8. The van der Waals surface area contributed by atoms with Gasteiger partial charge in [-0.05, 0) is 38.0 Å². The Labute approximate surface area is 218 Å². The minimum absolute atomic E-state index is 0.0175. The number of carbonyl (C=O) groups excluding carboxylic acids is 1. The monoisotopic (exact) mass is 549 g/mol. The van der Waals surface area contributed by atoms with Gasteiger partial charge in [0.05, 0.1) is 28.0 Å². The Morgan fingerprint density at radius 3 is 2.58 bits per heavy atom. The number of benzene rings is 1. The second-order valence-electron chi connectivity index (χ2n) is 8.52. The normalized spacial score (nSPS) is 20.5. The van der Waals surface area contributed by atoms with Crippen LogP contribution >= 0.6 is 23.2 Å². The summed E-state index contributed by atoms with van der Waals surface area (Å²) in [5.74, 6) is 0.383. The Morgan fingerprint density at radius 2 is 1.92 bits per heavy atom. The Morgan fingerprint density at radius 1 is 1.25 bits per heavy atom. The topological polar surface area (TPSA) is 160 Å². The maximum Gasteiger partial charge on any atom is 0.274 e. The van der Waals surface area contributed by atoms with Crippen LogP contribution in [0.2, 0.25) is 10.0 Å². The molecule has 1 aliphatic heterocycles. The summed E-state index contributed by atoms with van der Waals surface area (Å²) in [7, 11) is -2.49. The first-order valence-electron chi connectivity index (χ1n) is 11.1. The van der Waals surface area contributed by atoms with Crippen molar-refractivity contribution in [2.75, 3.05) is 22.6 Å². The number of nitrogens with zero attached hydrogens (tertiary/aromatic N) is 3. The highest BCUT2D eigenvalue weighted by molar-refractivity contribution is 7.92. The lowest BCUT2D eigenvalue weighted by Crippen LogP contribution is -2.25. The fourth-order valence-corrected chi connectivity index (χ4v) is 6.16. The van der Waals surface area contributed by atoms with Crippen LogP contribution in [0.5, 0.6) is 5.75 Å². The van der Waals surface area contributed by atoms with Crippen LogP contribution in [0.15, 0.2) is 43.0 Å². The Hall–Kier alpha value is -3.15. The van der Waals surface area contributed by atoms with E-state index in [1.54, 1.807) is 29.9 Å². The molecule has 1 unspecified atom stereocenters. The van der Waals surface area contributed by atoms with Gasteiger partial charge in [0.15, 0.2) is 0 Å². The number of nitrogens with one attached hydrogen (secondary N) is 3. The predicted molar refractivity (Wildman–Crippen MR) is 141 cm³/mol. The van der Waals surface area contributed by atoms with Gasteiger partial charge in [-0.25, -0.2) is 4.21 Å². The Balaban J connectivity index is 1.45. The van der Waals surface area contributed by atoms with Crippen molar-refractivity contribution >= 4 is 55.9 Å². The van der Waals surface area contributed by atoms with E-state index in [0.29, 0.717) is 51.4 Å². The second kappa shape index (κ2) is 10.5. The van der Waals surface area contributed by atoms with Gasteiger partial charge in [-0.15, -0.1) is 0 Å². The molecule has 5 N–H and O–H groups in total. The minimum Gasteiger partial charge on any atom is -0.486 e. The molecule has 1 aliphatic rings. The second-order valence-corrected chi connectivity index (χ2v) is 11.8. The van der Waals surface area contributed by atoms with Gasteiger partial charge in [-0.1, -0.05) is 23.2 Å². The molecular formula is C23H25Cl2N7O3S. The molecule has 10 nitrogen and oxygen atoms in total. The predicted octanol–water partition coefficient (Wildman–Crippen LogP) is 4.70. The summed E-state index contributed by atoms with van der Waals surface area (Å²) < 4.78 is 27.3. The van der Waals surface area contributed by atoms with Crippen molar-refractivity contribution in [3.8, 4) is 5.75 Å². The molecule has 0 aliphatic carbocycles. The number of pyridine rings is 1. The number of ether oxygens (including phenoxy) is 1. The van der Waals surface area contributed by atoms with E-state index < -0.39 is 21.7 Å². The standard InChI is InChI=1S/C23H25Cl2N7O3S/c1-13(21-18(24)10-29-11-19(21)25)35-16-2-3-20(26)17(8-16)22(27)23(33)31-14-9-30-32(12-14)15-4-6-36(28,34)7-5-15/h2-3,8-13,15,27-28H,4-7,26H2,1H3,(H,31,33). The molecule has 3 heterocycles. The number of nitrogen functional groups attached to an aromatic ring is 1. The Kier molecular flexibility index (Phi) is 7.53. The van der Waals surface area contributed by atoms with E-state index in [1.807, 2.05) is 0 Å². The lowest BCUT2D eigenvalue weighted by Gasteiger charge is -2.23. The summed E-state index contributed by atoms with van der Waals surface area (Å²) >= 11 is 12.4. The van der Waals surface area contributed by atoms with Crippen molar-refractivity contribution in [2.24, 2.45) is 0 Å². The number of rotatable bonds is 7. The summed E-state index contributed by atoms with van der Waals surface area (Å²) in [6.45, 7) is 1.77. The largest absolute Gasteiger partial charge is 0.486 e.